The molecule has 18 atom stereocenters. The Morgan fingerprint density at radius 1 is 0.466 bits per heavy atom. The number of quaternary nitrogens is 3. The minimum Gasteiger partial charge on any atom is -0.493 e. The molecule has 1 aliphatic carbocycles. The van der Waals surface area contributed by atoms with Gasteiger partial charge in [-0.25, -0.2) is 14.4 Å². The summed E-state index contributed by atoms with van der Waals surface area (Å²) in [4.78, 5) is 42.1. The maximum Gasteiger partial charge on any atom is 0.329 e. The SMILES string of the molecule is COc1ccc(CN(CC(O)C[N+](C)(C)C)[C@@H]2[C@@H](O)[C@H](O[C@@H]3O[C@H](COCC(=O)O)[C@@H](O[C@@H]4C[C@H](COCC(=O)O)[C@@H](C)[C@H](O)[C@H]4N(Cc4ccc(OC)c(OC)c4)CC(O)C[N+](C)(C)C)[C@H](O)[C@H]3N(Cc3ccc(OC)c(OC)c3)CC(O)C[N+](C)(C)C)[C@@H](COCC(=O)O)O[C@H]2C)cc1OC. The van der Waals surface area contributed by atoms with Crippen molar-refractivity contribution in [1.29, 1.82) is 0 Å². The molecule has 1 saturated carbocycles. The van der Waals surface area contributed by atoms with Crippen molar-refractivity contribution >= 4 is 17.9 Å². The lowest BCUT2D eigenvalue weighted by Crippen LogP contribution is -2.70. The van der Waals surface area contributed by atoms with E-state index in [4.69, 9.17) is 61.6 Å². The standard InChI is InChI=1S/C72H116N6O25/c1-43-48(37-97-40-61(82)83)27-58(65(67(43)88)74(32-50(80)35-77(6,7)8)29-46-19-22-53(92-13)56(25-46)95-16)101-70-60(39-99-42-63(86)87)102-72(66(69(70)90)75(33-51(81)36-78(9,10)11)30-47-20-23-54(93-14)57(26-47)96-17)103-71-59(38-98-41-62(84)85)100-44(2)64(68(71)89)73(31-49(79)34-76(3,4)5)28-45-18-21-52(91-12)55(24-45)94-15/h18-26,43-44,48-51,58-60,64-72,79-81,88-90H,27-42H2,1-17H3/p+3/t43-,44+,48-,49?,50?,51?,58-,59-,60-,64+,65+,66-,67+,68-,69-,70-,71-,72+/m1/s1. The first-order valence-electron chi connectivity index (χ1n) is 34.8. The Bertz CT molecular complexity index is 3120. The van der Waals surface area contributed by atoms with Gasteiger partial charge < -0.3 is 121 Å². The number of hydrogen-bond donors (Lipinski definition) is 9. The Balaban J connectivity index is 1.63. The Hall–Kier alpha value is -5.89. The molecule has 31 nitrogen and oxygen atoms in total. The zero-order valence-corrected chi connectivity index (χ0v) is 63.1. The van der Waals surface area contributed by atoms with Gasteiger partial charge in [0.05, 0.1) is 162 Å². The van der Waals surface area contributed by atoms with Crippen LogP contribution in [0.5, 0.6) is 34.5 Å². The second kappa shape index (κ2) is 39.1. The molecule has 0 spiro atoms. The van der Waals surface area contributed by atoms with E-state index < -0.39 is 160 Å². The fourth-order valence-corrected chi connectivity index (χ4v) is 14.5. The molecular formula is C72H119N6O25+3. The van der Waals surface area contributed by atoms with Crippen LogP contribution in [0.1, 0.15) is 37.0 Å². The van der Waals surface area contributed by atoms with Crippen molar-refractivity contribution in [2.45, 2.75) is 138 Å². The zero-order chi connectivity index (χ0) is 76.4. The number of nitrogens with zero attached hydrogens (tertiary/aromatic N) is 6. The first kappa shape index (κ1) is 86.0. The smallest absolute Gasteiger partial charge is 0.329 e. The molecule has 3 aromatic rings. The van der Waals surface area contributed by atoms with Crippen LogP contribution in [0.4, 0.5) is 0 Å². The highest BCUT2D eigenvalue weighted by atomic mass is 16.7. The Kier molecular flexibility index (Phi) is 32.7. The summed E-state index contributed by atoms with van der Waals surface area (Å²) >= 11 is 0. The van der Waals surface area contributed by atoms with Gasteiger partial charge in [0, 0.05) is 39.3 Å². The van der Waals surface area contributed by atoms with Gasteiger partial charge in [-0.2, -0.15) is 0 Å². The number of carbonyl (C=O) groups is 3. The van der Waals surface area contributed by atoms with Crippen LogP contribution < -0.4 is 28.4 Å². The third-order valence-electron chi connectivity index (χ3n) is 18.7. The summed E-state index contributed by atoms with van der Waals surface area (Å²) < 4.78 is 81.3. The van der Waals surface area contributed by atoms with E-state index >= 15 is 0 Å². The lowest BCUT2D eigenvalue weighted by atomic mass is 9.73. The minimum atomic E-state index is -1.85. The van der Waals surface area contributed by atoms with E-state index in [0.29, 0.717) is 60.2 Å². The molecule has 3 aliphatic rings. The Labute approximate surface area is 606 Å². The molecule has 0 aromatic heterocycles. The van der Waals surface area contributed by atoms with Crippen LogP contribution in [0.2, 0.25) is 0 Å². The number of carboxylic acid groups (broad SMARTS) is 3. The fourth-order valence-electron chi connectivity index (χ4n) is 14.5. The van der Waals surface area contributed by atoms with Crippen LogP contribution in [0.3, 0.4) is 0 Å². The van der Waals surface area contributed by atoms with Crippen LogP contribution in [0.25, 0.3) is 0 Å². The second-order valence-corrected chi connectivity index (χ2v) is 30.4. The second-order valence-electron chi connectivity index (χ2n) is 30.4. The summed E-state index contributed by atoms with van der Waals surface area (Å²) in [6.07, 6.45) is -17.7. The molecule has 3 aromatic carbocycles. The Morgan fingerprint density at radius 3 is 1.17 bits per heavy atom. The van der Waals surface area contributed by atoms with Crippen LogP contribution in [0, 0.1) is 11.8 Å². The fraction of sp³-hybridized carbons (Fsp3) is 0.708. The maximum atomic E-state index is 14.1. The number of methoxy groups -OCH3 is 6. The largest absolute Gasteiger partial charge is 0.493 e. The molecule has 0 amide bonds. The van der Waals surface area contributed by atoms with Gasteiger partial charge in [0.25, 0.3) is 0 Å². The summed E-state index contributed by atoms with van der Waals surface area (Å²) in [5, 5.41) is 107. The first-order valence-corrected chi connectivity index (χ1v) is 34.8. The van der Waals surface area contributed by atoms with Crippen LogP contribution in [-0.4, -0.2) is 375 Å². The lowest BCUT2D eigenvalue weighted by molar-refractivity contribution is -0.873. The van der Waals surface area contributed by atoms with Gasteiger partial charge in [-0.15, -0.1) is 0 Å². The summed E-state index contributed by atoms with van der Waals surface area (Å²) in [5.74, 6) is -2.63. The van der Waals surface area contributed by atoms with Crippen molar-refractivity contribution < 1.29 is 135 Å². The summed E-state index contributed by atoms with van der Waals surface area (Å²) in [6.45, 7) is 0.495. The molecule has 0 bridgehead atoms. The molecule has 2 saturated heterocycles. The molecule has 584 valence electrons. The summed E-state index contributed by atoms with van der Waals surface area (Å²) in [7, 11) is 26.2. The minimum absolute atomic E-state index is 0.0264. The van der Waals surface area contributed by atoms with Crippen molar-refractivity contribution in [3.8, 4) is 34.5 Å². The number of aliphatic carboxylic acids is 3. The molecule has 31 heteroatoms. The highest BCUT2D eigenvalue weighted by Crippen LogP contribution is 2.42. The van der Waals surface area contributed by atoms with Crippen molar-refractivity contribution in [1.82, 2.24) is 14.7 Å². The number of aliphatic hydroxyl groups is 6. The van der Waals surface area contributed by atoms with Crippen molar-refractivity contribution in [2.75, 3.05) is 185 Å². The zero-order valence-electron chi connectivity index (χ0n) is 63.1. The molecule has 0 radical (unpaired) electrons. The van der Waals surface area contributed by atoms with Gasteiger partial charge in [-0.1, -0.05) is 25.1 Å². The third kappa shape index (κ3) is 25.7. The predicted molar refractivity (Wildman–Crippen MR) is 375 cm³/mol. The molecular weight excluding hydrogens is 1350 g/mol. The van der Waals surface area contributed by atoms with E-state index in [9.17, 15) is 60.3 Å². The number of likely N-dealkylation sites (N-methyl/N-ethyl adjacent to an activating group) is 3. The Morgan fingerprint density at radius 2 is 0.806 bits per heavy atom. The van der Waals surface area contributed by atoms with E-state index in [-0.39, 0.29) is 76.4 Å². The van der Waals surface area contributed by atoms with Gasteiger partial charge in [0.2, 0.25) is 0 Å². The van der Waals surface area contributed by atoms with E-state index in [2.05, 4.69) is 0 Å². The quantitative estimate of drug-likeness (QED) is 0.0349. The number of aliphatic hydroxyl groups excluding tert-OH is 6. The van der Waals surface area contributed by atoms with E-state index in [0.717, 1.165) is 0 Å². The van der Waals surface area contributed by atoms with Gasteiger partial charge in [0.15, 0.2) is 40.8 Å². The topological polar surface area (TPSA) is 363 Å². The van der Waals surface area contributed by atoms with E-state index in [1.807, 2.05) is 92.3 Å². The van der Waals surface area contributed by atoms with Crippen LogP contribution >= 0.6 is 0 Å². The molecule has 103 heavy (non-hydrogen) atoms. The summed E-state index contributed by atoms with van der Waals surface area (Å²) in [6, 6.07) is 12.3. The van der Waals surface area contributed by atoms with Gasteiger partial charge in [-0.3, -0.25) is 14.7 Å². The number of ether oxygens (including phenoxy) is 13. The molecule has 3 unspecified atom stereocenters. The van der Waals surface area contributed by atoms with Crippen LogP contribution in [-0.2, 0) is 67.2 Å². The van der Waals surface area contributed by atoms with Crippen LogP contribution in [0.15, 0.2) is 54.6 Å². The summed E-state index contributed by atoms with van der Waals surface area (Å²) in [5.41, 5.74) is 1.95. The predicted octanol–water partition coefficient (Wildman–Crippen LogP) is 0.545. The van der Waals surface area contributed by atoms with E-state index in [1.54, 1.807) is 54.3 Å². The monoisotopic (exact) mass is 1470 g/mol. The molecule has 2 heterocycles. The van der Waals surface area contributed by atoms with Gasteiger partial charge in [-0.05, 0) is 78.3 Å². The highest BCUT2D eigenvalue weighted by molar-refractivity contribution is 5.68. The molecule has 6 rings (SSSR count). The normalized spacial score (nSPS) is 26.6. The molecule has 9 N–H and O–H groups in total. The first-order chi connectivity index (χ1) is 48.4. The molecule has 3 fully saturated rings. The maximum absolute atomic E-state index is 14.1. The average molecular weight is 1470 g/mol. The highest BCUT2D eigenvalue weighted by Gasteiger charge is 2.56. The van der Waals surface area contributed by atoms with Crippen molar-refractivity contribution in [3.05, 3.63) is 71.3 Å². The number of benzene rings is 3. The van der Waals surface area contributed by atoms with Gasteiger partial charge >= 0.3 is 17.9 Å². The third-order valence-corrected chi connectivity index (χ3v) is 18.7. The number of hydrogen-bond acceptors (Lipinski definition) is 25. The van der Waals surface area contributed by atoms with Gasteiger partial charge in [0.1, 0.15) is 94.4 Å². The lowest BCUT2D eigenvalue weighted by Gasteiger charge is -2.54. The van der Waals surface area contributed by atoms with Crippen molar-refractivity contribution in [3.63, 3.8) is 0 Å². The number of rotatable bonds is 43. The average Bonchev–Trinajstić information content (AvgIpc) is 0.756. The van der Waals surface area contributed by atoms with Crippen molar-refractivity contribution in [2.24, 2.45) is 11.8 Å². The molecule has 2 aliphatic heterocycles. The number of carboxylic acids is 3. The van der Waals surface area contributed by atoms with E-state index in [1.165, 1.54) is 42.7 Å².